The summed E-state index contributed by atoms with van der Waals surface area (Å²) in [6.07, 6.45) is 0. The minimum absolute atomic E-state index is 0.892. The zero-order valence-electron chi connectivity index (χ0n) is 10.6. The smallest absolute Gasteiger partial charge is 0.119 e. The van der Waals surface area contributed by atoms with Crippen molar-refractivity contribution < 1.29 is 4.74 Å². The van der Waals surface area contributed by atoms with Crippen LogP contribution in [-0.4, -0.2) is 12.1 Å². The number of aromatic amines is 1. The van der Waals surface area contributed by atoms with E-state index in [9.17, 15) is 0 Å². The van der Waals surface area contributed by atoms with Crippen molar-refractivity contribution in [3.05, 3.63) is 54.6 Å². The van der Waals surface area contributed by atoms with Crippen molar-refractivity contribution in [2.45, 2.75) is 0 Å². The van der Waals surface area contributed by atoms with Gasteiger partial charge in [-0.3, -0.25) is 0 Å². The molecular weight excluding hydrogens is 234 g/mol. The molecule has 0 unspecified atom stereocenters. The lowest BCUT2D eigenvalue weighted by Crippen LogP contribution is -1.82. The van der Waals surface area contributed by atoms with Crippen molar-refractivity contribution in [2.75, 3.05) is 7.11 Å². The SMILES string of the molecule is COc1ccc2c(ccc3c4ccccc4[nH]c23)c1. The largest absolute Gasteiger partial charge is 0.497 e. The lowest BCUT2D eigenvalue weighted by Gasteiger charge is -2.03. The van der Waals surface area contributed by atoms with E-state index in [1.807, 2.05) is 6.07 Å². The molecule has 0 aliphatic rings. The topological polar surface area (TPSA) is 25.0 Å². The van der Waals surface area contributed by atoms with Crippen LogP contribution >= 0.6 is 0 Å². The molecule has 0 spiro atoms. The van der Waals surface area contributed by atoms with Crippen LogP contribution in [0.25, 0.3) is 32.6 Å². The number of hydrogen-bond donors (Lipinski definition) is 1. The molecule has 2 heteroatoms. The monoisotopic (exact) mass is 247 g/mol. The zero-order valence-corrected chi connectivity index (χ0v) is 10.6. The summed E-state index contributed by atoms with van der Waals surface area (Å²) in [6.45, 7) is 0. The van der Waals surface area contributed by atoms with Gasteiger partial charge in [0.25, 0.3) is 0 Å². The second-order valence-electron chi connectivity index (χ2n) is 4.75. The van der Waals surface area contributed by atoms with E-state index < -0.39 is 0 Å². The molecule has 0 fully saturated rings. The van der Waals surface area contributed by atoms with Crippen LogP contribution in [-0.2, 0) is 0 Å². The molecule has 0 aliphatic carbocycles. The van der Waals surface area contributed by atoms with Crippen LogP contribution in [0.2, 0.25) is 0 Å². The lowest BCUT2D eigenvalue weighted by molar-refractivity contribution is 0.415. The summed E-state index contributed by atoms with van der Waals surface area (Å²) in [7, 11) is 1.70. The average Bonchev–Trinajstić information content (AvgIpc) is 2.85. The molecule has 1 aromatic heterocycles. The molecule has 0 saturated heterocycles. The molecule has 0 bridgehead atoms. The first-order valence-corrected chi connectivity index (χ1v) is 6.34. The highest BCUT2D eigenvalue weighted by Crippen LogP contribution is 2.32. The number of nitrogens with one attached hydrogen (secondary N) is 1. The lowest BCUT2D eigenvalue weighted by atomic mass is 10.1. The van der Waals surface area contributed by atoms with Gasteiger partial charge < -0.3 is 9.72 Å². The number of methoxy groups -OCH3 is 1. The van der Waals surface area contributed by atoms with E-state index in [0.717, 1.165) is 5.75 Å². The Hall–Kier alpha value is -2.48. The Kier molecular flexibility index (Phi) is 2.06. The molecule has 4 aromatic rings. The van der Waals surface area contributed by atoms with Crippen LogP contribution in [0, 0.1) is 0 Å². The first-order chi connectivity index (χ1) is 9.36. The first-order valence-electron chi connectivity index (χ1n) is 6.34. The second-order valence-corrected chi connectivity index (χ2v) is 4.75. The highest BCUT2D eigenvalue weighted by molar-refractivity contribution is 6.17. The molecule has 0 atom stereocenters. The quantitative estimate of drug-likeness (QED) is 0.527. The fourth-order valence-electron chi connectivity index (χ4n) is 2.76. The summed E-state index contributed by atoms with van der Waals surface area (Å²) in [5.41, 5.74) is 2.38. The molecule has 1 heterocycles. The van der Waals surface area contributed by atoms with Gasteiger partial charge in [-0.25, -0.2) is 0 Å². The minimum Gasteiger partial charge on any atom is -0.497 e. The summed E-state index contributed by atoms with van der Waals surface area (Å²) in [5, 5.41) is 4.97. The molecule has 0 saturated carbocycles. The number of H-pyrrole nitrogens is 1. The number of fused-ring (bicyclic) bond motifs is 5. The molecule has 4 rings (SSSR count). The van der Waals surface area contributed by atoms with E-state index in [-0.39, 0.29) is 0 Å². The predicted molar refractivity (Wildman–Crippen MR) is 79.9 cm³/mol. The van der Waals surface area contributed by atoms with Gasteiger partial charge in [-0.05, 0) is 29.7 Å². The molecule has 2 nitrogen and oxygen atoms in total. The molecule has 3 aromatic carbocycles. The van der Waals surface area contributed by atoms with Crippen LogP contribution in [0.3, 0.4) is 0 Å². The average molecular weight is 247 g/mol. The van der Waals surface area contributed by atoms with Gasteiger partial charge >= 0.3 is 0 Å². The Morgan fingerprint density at radius 1 is 0.842 bits per heavy atom. The van der Waals surface area contributed by atoms with Gasteiger partial charge in [0.1, 0.15) is 5.75 Å². The van der Waals surface area contributed by atoms with Crippen molar-refractivity contribution in [3.63, 3.8) is 0 Å². The third-order valence-corrected chi connectivity index (χ3v) is 3.70. The number of rotatable bonds is 1. The fraction of sp³-hybridized carbons (Fsp3) is 0.0588. The van der Waals surface area contributed by atoms with Gasteiger partial charge in [0.15, 0.2) is 0 Å². The van der Waals surface area contributed by atoms with E-state index in [1.165, 1.54) is 32.6 Å². The Bertz CT molecular complexity index is 905. The number of para-hydroxylation sites is 1. The number of aromatic nitrogens is 1. The minimum atomic E-state index is 0.892. The normalized spacial score (nSPS) is 11.4. The third-order valence-electron chi connectivity index (χ3n) is 3.70. The Morgan fingerprint density at radius 3 is 2.58 bits per heavy atom. The van der Waals surface area contributed by atoms with Crippen molar-refractivity contribution >= 4 is 32.6 Å². The Labute approximate surface area is 110 Å². The van der Waals surface area contributed by atoms with Crippen molar-refractivity contribution in [1.29, 1.82) is 0 Å². The maximum absolute atomic E-state index is 5.28. The van der Waals surface area contributed by atoms with E-state index in [4.69, 9.17) is 4.74 Å². The van der Waals surface area contributed by atoms with Gasteiger partial charge in [0.05, 0.1) is 12.6 Å². The standard InChI is InChI=1S/C17H13NO/c1-19-12-7-9-13-11(10-12)6-8-15-14-4-2-3-5-16(14)18-17(13)15/h2-10,18H,1H3. The first kappa shape index (κ1) is 10.4. The highest BCUT2D eigenvalue weighted by Gasteiger charge is 2.07. The summed E-state index contributed by atoms with van der Waals surface area (Å²) in [4.78, 5) is 3.52. The molecule has 0 amide bonds. The van der Waals surface area contributed by atoms with Crippen LogP contribution in [0.15, 0.2) is 54.6 Å². The van der Waals surface area contributed by atoms with E-state index >= 15 is 0 Å². The summed E-state index contributed by atoms with van der Waals surface area (Å²) >= 11 is 0. The second kappa shape index (κ2) is 3.75. The third kappa shape index (κ3) is 1.43. The summed E-state index contributed by atoms with van der Waals surface area (Å²) in [6, 6.07) is 18.9. The van der Waals surface area contributed by atoms with Crippen molar-refractivity contribution in [2.24, 2.45) is 0 Å². The number of ether oxygens (including phenoxy) is 1. The maximum Gasteiger partial charge on any atom is 0.119 e. The predicted octanol–water partition coefficient (Wildman–Crippen LogP) is 4.48. The van der Waals surface area contributed by atoms with Gasteiger partial charge in [-0.15, -0.1) is 0 Å². The molecule has 19 heavy (non-hydrogen) atoms. The Balaban J connectivity index is 2.19. The molecule has 0 aliphatic heterocycles. The van der Waals surface area contributed by atoms with E-state index in [0.29, 0.717) is 0 Å². The molecule has 92 valence electrons. The molecule has 0 radical (unpaired) electrons. The van der Waals surface area contributed by atoms with Gasteiger partial charge in [0, 0.05) is 21.7 Å². The number of benzene rings is 3. The van der Waals surface area contributed by atoms with Gasteiger partial charge in [-0.1, -0.05) is 30.3 Å². The fourth-order valence-corrected chi connectivity index (χ4v) is 2.76. The van der Waals surface area contributed by atoms with E-state index in [2.05, 4.69) is 53.5 Å². The summed E-state index contributed by atoms with van der Waals surface area (Å²) in [5.74, 6) is 0.892. The molecular formula is C17H13NO. The maximum atomic E-state index is 5.28. The van der Waals surface area contributed by atoms with Crippen LogP contribution in [0.4, 0.5) is 0 Å². The van der Waals surface area contributed by atoms with E-state index in [1.54, 1.807) is 7.11 Å². The van der Waals surface area contributed by atoms with Crippen LogP contribution < -0.4 is 4.74 Å². The summed E-state index contributed by atoms with van der Waals surface area (Å²) < 4.78 is 5.28. The van der Waals surface area contributed by atoms with Gasteiger partial charge in [0.2, 0.25) is 0 Å². The van der Waals surface area contributed by atoms with Crippen molar-refractivity contribution in [1.82, 2.24) is 4.98 Å². The zero-order chi connectivity index (χ0) is 12.8. The van der Waals surface area contributed by atoms with Crippen LogP contribution in [0.1, 0.15) is 0 Å². The highest BCUT2D eigenvalue weighted by atomic mass is 16.5. The Morgan fingerprint density at radius 2 is 1.68 bits per heavy atom. The number of hydrogen-bond acceptors (Lipinski definition) is 1. The van der Waals surface area contributed by atoms with Crippen molar-refractivity contribution in [3.8, 4) is 5.75 Å². The van der Waals surface area contributed by atoms with Gasteiger partial charge in [-0.2, -0.15) is 0 Å². The van der Waals surface area contributed by atoms with Crippen LogP contribution in [0.5, 0.6) is 5.75 Å². The molecule has 1 N–H and O–H groups in total.